The van der Waals surface area contributed by atoms with E-state index in [1.165, 1.54) is 7.05 Å². The van der Waals surface area contributed by atoms with Crippen LogP contribution in [0.2, 0.25) is 0 Å². The second-order valence-electron chi connectivity index (χ2n) is 5.69. The molecule has 1 aliphatic heterocycles. The lowest BCUT2D eigenvalue weighted by molar-refractivity contribution is -0.104. The number of aliphatic hydroxyl groups excluding tert-OH is 2. The third-order valence-corrected chi connectivity index (χ3v) is 3.76. The molecule has 144 valence electrons. The van der Waals surface area contributed by atoms with Crippen LogP contribution in [0.15, 0.2) is 30.0 Å². The summed E-state index contributed by atoms with van der Waals surface area (Å²) in [5.74, 6) is 3.24. The lowest BCUT2D eigenvalue weighted by Gasteiger charge is -2.24. The van der Waals surface area contributed by atoms with E-state index < -0.39 is 42.7 Å². The highest BCUT2D eigenvalue weighted by Crippen LogP contribution is 2.24. The van der Waals surface area contributed by atoms with Crippen LogP contribution in [0.1, 0.15) is 12.0 Å². The first-order chi connectivity index (χ1) is 12.9. The minimum absolute atomic E-state index is 0.0135. The van der Waals surface area contributed by atoms with Gasteiger partial charge in [-0.3, -0.25) is 9.69 Å². The molecule has 1 fully saturated rings. The van der Waals surface area contributed by atoms with Crippen LogP contribution >= 0.6 is 0 Å². The zero-order valence-electron chi connectivity index (χ0n) is 14.4. The van der Waals surface area contributed by atoms with Crippen LogP contribution in [-0.4, -0.2) is 59.5 Å². The maximum absolute atomic E-state index is 13.2. The van der Waals surface area contributed by atoms with Crippen LogP contribution in [0, 0.1) is 23.5 Å². The first kappa shape index (κ1) is 20.5. The number of halogens is 2. The number of rotatable bonds is 4. The molecule has 3 atom stereocenters. The van der Waals surface area contributed by atoms with Crippen molar-refractivity contribution in [2.24, 2.45) is 0 Å². The number of ether oxygens (including phenoxy) is 1. The largest absolute Gasteiger partial charge is 0.394 e. The topological polar surface area (TPSA) is 99.1 Å². The van der Waals surface area contributed by atoms with Gasteiger partial charge >= 0.3 is 6.03 Å². The SMILES string of the molecule is CNC(=O)N(/C=C(/C#Cc1cc(F)cc(F)c1)C=O)[C@H]1C[C@H](O)[C@@H](CO)O1. The minimum atomic E-state index is -0.985. The number of hydrogen-bond donors (Lipinski definition) is 3. The summed E-state index contributed by atoms with van der Waals surface area (Å²) in [4.78, 5) is 24.4. The van der Waals surface area contributed by atoms with Crippen molar-refractivity contribution in [3.63, 3.8) is 0 Å². The van der Waals surface area contributed by atoms with Crippen LogP contribution in [0.4, 0.5) is 13.6 Å². The molecule has 1 heterocycles. The molecule has 0 saturated carbocycles. The zero-order chi connectivity index (χ0) is 20.0. The molecule has 0 unspecified atom stereocenters. The van der Waals surface area contributed by atoms with Gasteiger partial charge in [0.25, 0.3) is 0 Å². The van der Waals surface area contributed by atoms with E-state index in [0.717, 1.165) is 23.2 Å². The predicted octanol–water partition coefficient (Wildman–Crippen LogP) is 0.509. The quantitative estimate of drug-likeness (QED) is 0.402. The molecule has 0 spiro atoms. The van der Waals surface area contributed by atoms with Gasteiger partial charge in [-0.25, -0.2) is 13.6 Å². The highest BCUT2D eigenvalue weighted by molar-refractivity contribution is 5.83. The molecule has 3 N–H and O–H groups in total. The van der Waals surface area contributed by atoms with Crippen molar-refractivity contribution in [2.75, 3.05) is 13.7 Å². The van der Waals surface area contributed by atoms with Crippen molar-refractivity contribution in [1.82, 2.24) is 10.2 Å². The average molecular weight is 380 g/mol. The van der Waals surface area contributed by atoms with Crippen LogP contribution < -0.4 is 5.32 Å². The Kier molecular flexibility index (Phi) is 7.01. The van der Waals surface area contributed by atoms with Gasteiger partial charge in [-0.15, -0.1) is 0 Å². The predicted molar refractivity (Wildman–Crippen MR) is 90.0 cm³/mol. The summed E-state index contributed by atoms with van der Waals surface area (Å²) in [5.41, 5.74) is -0.145. The fraction of sp³-hybridized carbons (Fsp3) is 0.333. The molecule has 0 bridgehead atoms. The molecule has 0 aromatic heterocycles. The van der Waals surface area contributed by atoms with Gasteiger partial charge in [0.1, 0.15) is 24.0 Å². The summed E-state index contributed by atoms with van der Waals surface area (Å²) in [6.07, 6.45) is -1.29. The number of aliphatic hydroxyl groups is 2. The van der Waals surface area contributed by atoms with Gasteiger partial charge in [-0.2, -0.15) is 0 Å². The molecule has 2 rings (SSSR count). The van der Waals surface area contributed by atoms with Gasteiger partial charge in [0, 0.05) is 31.3 Å². The highest BCUT2D eigenvalue weighted by Gasteiger charge is 2.38. The van der Waals surface area contributed by atoms with E-state index in [-0.39, 0.29) is 17.6 Å². The molecule has 27 heavy (non-hydrogen) atoms. The third kappa shape index (κ3) is 5.34. The van der Waals surface area contributed by atoms with E-state index in [2.05, 4.69) is 17.2 Å². The Hall–Kier alpha value is -2.80. The van der Waals surface area contributed by atoms with E-state index >= 15 is 0 Å². The number of nitrogens with one attached hydrogen (secondary N) is 1. The van der Waals surface area contributed by atoms with Crippen LogP contribution in [0.25, 0.3) is 0 Å². The Balaban J connectivity index is 2.29. The summed E-state index contributed by atoms with van der Waals surface area (Å²) in [7, 11) is 1.36. The van der Waals surface area contributed by atoms with E-state index in [1.54, 1.807) is 0 Å². The van der Waals surface area contributed by atoms with Crippen molar-refractivity contribution in [1.29, 1.82) is 0 Å². The lowest BCUT2D eigenvalue weighted by atomic mass is 10.2. The van der Waals surface area contributed by atoms with E-state index in [1.807, 2.05) is 0 Å². The maximum atomic E-state index is 13.2. The number of urea groups is 1. The number of aldehydes is 1. The molecule has 1 aliphatic rings. The maximum Gasteiger partial charge on any atom is 0.323 e. The van der Waals surface area contributed by atoms with Crippen LogP contribution in [0.3, 0.4) is 0 Å². The lowest BCUT2D eigenvalue weighted by Crippen LogP contribution is -2.42. The summed E-state index contributed by atoms with van der Waals surface area (Å²) >= 11 is 0. The molecule has 1 saturated heterocycles. The molecule has 9 heteroatoms. The van der Waals surface area contributed by atoms with Gasteiger partial charge in [0.2, 0.25) is 0 Å². The number of amides is 2. The summed E-state index contributed by atoms with van der Waals surface area (Å²) < 4.78 is 31.8. The Morgan fingerprint density at radius 3 is 2.59 bits per heavy atom. The van der Waals surface area contributed by atoms with Crippen molar-refractivity contribution in [3.8, 4) is 11.8 Å². The fourth-order valence-electron chi connectivity index (χ4n) is 2.46. The summed E-state index contributed by atoms with van der Waals surface area (Å²) in [6.45, 7) is -0.436. The van der Waals surface area contributed by atoms with Gasteiger partial charge in [-0.1, -0.05) is 11.8 Å². The molecule has 0 radical (unpaired) electrons. The average Bonchev–Trinajstić information content (AvgIpc) is 3.01. The molecule has 1 aromatic rings. The minimum Gasteiger partial charge on any atom is -0.394 e. The third-order valence-electron chi connectivity index (χ3n) is 3.76. The molecular formula is C18H18F2N2O5. The fourth-order valence-corrected chi connectivity index (χ4v) is 2.46. The monoisotopic (exact) mass is 380 g/mol. The van der Waals surface area contributed by atoms with Crippen LogP contribution in [-0.2, 0) is 9.53 Å². The Bertz CT molecular complexity index is 782. The number of nitrogens with zero attached hydrogens (tertiary/aromatic N) is 1. The molecule has 2 amide bonds. The molecular weight excluding hydrogens is 362 g/mol. The second-order valence-corrected chi connectivity index (χ2v) is 5.69. The van der Waals surface area contributed by atoms with Gasteiger partial charge in [-0.05, 0) is 12.1 Å². The van der Waals surface area contributed by atoms with Gasteiger partial charge in [0.15, 0.2) is 6.29 Å². The first-order valence-electron chi connectivity index (χ1n) is 7.97. The normalized spacial score (nSPS) is 22.0. The number of allylic oxidation sites excluding steroid dienone is 1. The molecule has 0 aliphatic carbocycles. The van der Waals surface area contributed by atoms with Crippen molar-refractivity contribution >= 4 is 12.3 Å². The number of benzene rings is 1. The zero-order valence-corrected chi connectivity index (χ0v) is 14.4. The number of hydrogen-bond acceptors (Lipinski definition) is 5. The van der Waals surface area contributed by atoms with Gasteiger partial charge < -0.3 is 20.3 Å². The van der Waals surface area contributed by atoms with Crippen LogP contribution in [0.5, 0.6) is 0 Å². The standard InChI is InChI=1S/C18H18F2N2O5/c1-21-18(26)22(17-7-15(25)16(10-24)27-17)8-12(9-23)3-2-11-4-13(19)6-14(20)5-11/h4-6,8-9,15-17,24-25H,7,10H2,1H3,(H,21,26)/b12-8-/t15-,16+,17+/m0/s1. The van der Waals surface area contributed by atoms with Crippen molar-refractivity contribution < 1.29 is 33.3 Å². The smallest absolute Gasteiger partial charge is 0.323 e. The Morgan fingerprint density at radius 2 is 2.07 bits per heavy atom. The van der Waals surface area contributed by atoms with E-state index in [9.17, 15) is 23.5 Å². The second kappa shape index (κ2) is 9.23. The molecule has 1 aromatic carbocycles. The summed E-state index contributed by atoms with van der Waals surface area (Å²) in [5, 5.41) is 21.3. The molecule has 7 nitrogen and oxygen atoms in total. The number of carbonyl (C=O) groups excluding carboxylic acids is 2. The van der Waals surface area contributed by atoms with Crippen molar-refractivity contribution in [3.05, 3.63) is 47.2 Å². The summed E-state index contributed by atoms with van der Waals surface area (Å²) in [6, 6.07) is 2.05. The van der Waals surface area contributed by atoms with Crippen molar-refractivity contribution in [2.45, 2.75) is 24.9 Å². The number of carbonyl (C=O) groups is 2. The Morgan fingerprint density at radius 1 is 1.41 bits per heavy atom. The highest BCUT2D eigenvalue weighted by atomic mass is 19.1. The Labute approximate surface area is 154 Å². The van der Waals surface area contributed by atoms with E-state index in [0.29, 0.717) is 12.4 Å². The van der Waals surface area contributed by atoms with Gasteiger partial charge in [0.05, 0.1) is 18.3 Å². The first-order valence-corrected chi connectivity index (χ1v) is 7.97. The van der Waals surface area contributed by atoms with E-state index in [4.69, 9.17) is 9.84 Å².